The van der Waals surface area contributed by atoms with E-state index in [4.69, 9.17) is 4.18 Å². The molecule has 0 saturated heterocycles. The normalized spacial score (nSPS) is 14.2. The van der Waals surface area contributed by atoms with Crippen LogP contribution in [0.15, 0.2) is 98.5 Å². The molecule has 0 aliphatic carbocycles. The maximum absolute atomic E-state index is 13.2. The molecule has 0 unspecified atom stereocenters. The van der Waals surface area contributed by atoms with Gasteiger partial charge in [-0.25, -0.2) is 8.42 Å². The van der Waals surface area contributed by atoms with Crippen molar-refractivity contribution >= 4 is 55.1 Å². The van der Waals surface area contributed by atoms with Gasteiger partial charge < -0.3 is 9.50 Å². The number of aryl methyl sites for hydroxylation is 3. The Bertz CT molecular complexity index is 2050. The van der Waals surface area contributed by atoms with Crippen LogP contribution in [0.5, 0.6) is 5.75 Å². The number of nitrogens with zero attached hydrogens (tertiary/aromatic N) is 1. The topological polar surface area (TPSA) is 150 Å². The molecule has 0 atom stereocenters. The minimum Gasteiger partial charge on any atom is -0.372 e. The zero-order valence-electron chi connectivity index (χ0n) is 23.7. The van der Waals surface area contributed by atoms with Crippen LogP contribution in [0.25, 0.3) is 6.08 Å². The van der Waals surface area contributed by atoms with Crippen molar-refractivity contribution in [1.82, 2.24) is 0 Å². The van der Waals surface area contributed by atoms with Crippen molar-refractivity contribution in [1.29, 1.82) is 0 Å². The molecule has 4 aromatic rings. The average molecular weight is 651 g/mol. The van der Waals surface area contributed by atoms with Crippen LogP contribution < -0.4 is 9.50 Å². The molecule has 0 saturated carbocycles. The molecular formula is C31H26N2O8S3. The lowest BCUT2D eigenvalue weighted by Crippen LogP contribution is -2.18. The van der Waals surface area contributed by atoms with Gasteiger partial charge in [0.2, 0.25) is 5.75 Å². The lowest BCUT2D eigenvalue weighted by atomic mass is 10.1. The number of fused-ring (bicyclic) bond motifs is 1. The Morgan fingerprint density at radius 3 is 2.20 bits per heavy atom. The van der Waals surface area contributed by atoms with Crippen LogP contribution in [0.2, 0.25) is 0 Å². The molecule has 1 N–H and O–H groups in total. The Morgan fingerprint density at radius 2 is 1.55 bits per heavy atom. The molecule has 4 aromatic carbocycles. The predicted molar refractivity (Wildman–Crippen MR) is 168 cm³/mol. The van der Waals surface area contributed by atoms with E-state index < -0.39 is 42.2 Å². The highest BCUT2D eigenvalue weighted by atomic mass is 32.2. The summed E-state index contributed by atoms with van der Waals surface area (Å²) in [6.45, 7) is 5.50. The molecule has 1 heterocycles. The van der Waals surface area contributed by atoms with Crippen LogP contribution in [0, 0.1) is 30.9 Å². The Hall–Kier alpha value is -4.46. The summed E-state index contributed by atoms with van der Waals surface area (Å²) in [5.74, 6) is -1.18. The van der Waals surface area contributed by atoms with E-state index in [1.54, 1.807) is 25.1 Å². The van der Waals surface area contributed by atoms with E-state index in [-0.39, 0.29) is 26.0 Å². The Kier molecular flexibility index (Phi) is 8.38. The highest BCUT2D eigenvalue weighted by Gasteiger charge is 2.27. The summed E-state index contributed by atoms with van der Waals surface area (Å²) < 4.78 is 57.0. The molecule has 0 fully saturated rings. The van der Waals surface area contributed by atoms with Crippen LogP contribution >= 0.6 is 11.8 Å². The maximum atomic E-state index is 13.2. The van der Waals surface area contributed by atoms with Gasteiger partial charge in [-0.05, 0) is 85.5 Å². The first kappa shape index (κ1) is 31.0. The van der Waals surface area contributed by atoms with Gasteiger partial charge in [0.05, 0.1) is 26.2 Å². The second-order valence-corrected chi connectivity index (χ2v) is 14.8. The number of thioether (sulfide) groups is 1. The SMILES string of the molecule is Cc1ccc(S(=O)(=O)Oc2ccc(/C=C3/Sc4ccc(S(=O)(=O)Cc5c(C)cccc5C)cc4NC3=O)cc2[N+](=O)[O-])cc1. The number of nitro groups is 1. The Morgan fingerprint density at radius 1 is 0.886 bits per heavy atom. The molecule has 1 aliphatic heterocycles. The van der Waals surface area contributed by atoms with E-state index in [9.17, 15) is 31.7 Å². The van der Waals surface area contributed by atoms with Gasteiger partial charge >= 0.3 is 15.8 Å². The number of carbonyl (C=O) groups is 1. The van der Waals surface area contributed by atoms with Crippen LogP contribution in [0.3, 0.4) is 0 Å². The number of hydrogen-bond acceptors (Lipinski definition) is 9. The number of nitrogens with one attached hydrogen (secondary N) is 1. The number of nitro benzene ring substituents is 1. The monoisotopic (exact) mass is 650 g/mol. The number of hydrogen-bond donors (Lipinski definition) is 1. The fourth-order valence-electron chi connectivity index (χ4n) is 4.54. The van der Waals surface area contributed by atoms with E-state index in [0.717, 1.165) is 46.1 Å². The van der Waals surface area contributed by atoms with E-state index in [1.807, 2.05) is 32.0 Å². The van der Waals surface area contributed by atoms with Crippen molar-refractivity contribution in [2.24, 2.45) is 0 Å². The molecule has 0 radical (unpaired) electrons. The van der Waals surface area contributed by atoms with Crippen molar-refractivity contribution in [2.45, 2.75) is 41.2 Å². The zero-order chi connectivity index (χ0) is 31.8. The third kappa shape index (κ3) is 6.54. The smallest absolute Gasteiger partial charge is 0.339 e. The number of carbonyl (C=O) groups excluding carboxylic acids is 1. The summed E-state index contributed by atoms with van der Waals surface area (Å²) >= 11 is 1.07. The summed E-state index contributed by atoms with van der Waals surface area (Å²) in [7, 11) is -8.05. The second kappa shape index (κ2) is 11.9. The number of rotatable bonds is 8. The largest absolute Gasteiger partial charge is 0.372 e. The van der Waals surface area contributed by atoms with Gasteiger partial charge in [0.25, 0.3) is 5.91 Å². The number of anilines is 1. The lowest BCUT2D eigenvalue weighted by Gasteiger charge is -2.20. The minimum absolute atomic E-state index is 0.0686. The average Bonchev–Trinajstić information content (AvgIpc) is 2.96. The summed E-state index contributed by atoms with van der Waals surface area (Å²) in [6, 6.07) is 19.6. The molecule has 0 bridgehead atoms. The van der Waals surface area contributed by atoms with Crippen LogP contribution in [0.4, 0.5) is 11.4 Å². The molecule has 1 amide bonds. The van der Waals surface area contributed by atoms with Gasteiger partial charge in [-0.15, -0.1) is 0 Å². The van der Waals surface area contributed by atoms with E-state index >= 15 is 0 Å². The maximum Gasteiger partial charge on any atom is 0.339 e. The molecule has 226 valence electrons. The van der Waals surface area contributed by atoms with Gasteiger partial charge in [0.1, 0.15) is 4.90 Å². The zero-order valence-corrected chi connectivity index (χ0v) is 26.2. The van der Waals surface area contributed by atoms with E-state index in [2.05, 4.69) is 5.32 Å². The van der Waals surface area contributed by atoms with Crippen molar-refractivity contribution in [3.8, 4) is 5.75 Å². The van der Waals surface area contributed by atoms with Crippen molar-refractivity contribution < 1.29 is 30.7 Å². The summed E-state index contributed by atoms with van der Waals surface area (Å²) in [5, 5.41) is 14.5. The second-order valence-electron chi connectivity index (χ2n) is 10.2. The molecule has 13 heteroatoms. The molecule has 0 spiro atoms. The highest BCUT2D eigenvalue weighted by molar-refractivity contribution is 8.04. The first-order chi connectivity index (χ1) is 20.7. The molecule has 1 aliphatic rings. The van der Waals surface area contributed by atoms with Gasteiger partial charge in [0.15, 0.2) is 9.84 Å². The number of benzene rings is 4. The third-order valence-electron chi connectivity index (χ3n) is 6.97. The molecule has 0 aromatic heterocycles. The van der Waals surface area contributed by atoms with Crippen LogP contribution in [-0.2, 0) is 30.5 Å². The van der Waals surface area contributed by atoms with Crippen molar-refractivity contribution in [3.63, 3.8) is 0 Å². The Labute approximate surface area is 259 Å². The van der Waals surface area contributed by atoms with Crippen molar-refractivity contribution in [2.75, 3.05) is 5.32 Å². The standard InChI is InChI=1S/C31H26N2O8S3/c1-19-7-10-23(11-8-19)44(39,40)41-28-13-9-22(15-27(28)33(35)36)16-30-31(34)32-26-17-24(12-14-29(26)42-30)43(37,38)18-25-20(2)5-4-6-21(25)3/h4-17H,18H2,1-3H3,(H,32,34)/b30-16+. The highest BCUT2D eigenvalue weighted by Crippen LogP contribution is 2.41. The molecule has 5 rings (SSSR count). The summed E-state index contributed by atoms with van der Waals surface area (Å²) in [5.41, 5.74) is 3.29. The van der Waals surface area contributed by atoms with Gasteiger partial charge in [-0.2, -0.15) is 8.42 Å². The first-order valence-corrected chi connectivity index (χ1v) is 17.0. The molecule has 10 nitrogen and oxygen atoms in total. The lowest BCUT2D eigenvalue weighted by molar-refractivity contribution is -0.385. The van der Waals surface area contributed by atoms with Gasteiger partial charge in [-0.1, -0.05) is 53.7 Å². The fourth-order valence-corrected chi connectivity index (χ4v) is 7.99. The van der Waals surface area contributed by atoms with Crippen molar-refractivity contribution in [3.05, 3.63) is 122 Å². The van der Waals surface area contributed by atoms with Crippen LogP contribution in [-0.4, -0.2) is 27.7 Å². The summed E-state index contributed by atoms with van der Waals surface area (Å²) in [6.07, 6.45) is 1.42. The number of amides is 1. The number of sulfone groups is 1. The quantitative estimate of drug-likeness (QED) is 0.0996. The van der Waals surface area contributed by atoms with Gasteiger partial charge in [-0.3, -0.25) is 14.9 Å². The van der Waals surface area contributed by atoms with E-state index in [0.29, 0.717) is 10.6 Å². The summed E-state index contributed by atoms with van der Waals surface area (Å²) in [4.78, 5) is 24.7. The third-order valence-corrected chi connectivity index (χ3v) is 11.0. The molecular weight excluding hydrogens is 625 g/mol. The predicted octanol–water partition coefficient (Wildman–Crippen LogP) is 6.35. The van der Waals surface area contributed by atoms with Crippen LogP contribution in [0.1, 0.15) is 27.8 Å². The first-order valence-electron chi connectivity index (χ1n) is 13.2. The Balaban J connectivity index is 1.39. The molecule has 44 heavy (non-hydrogen) atoms. The minimum atomic E-state index is -4.34. The van der Waals surface area contributed by atoms with Gasteiger partial charge in [0, 0.05) is 11.0 Å². The fraction of sp³-hybridized carbons (Fsp3) is 0.129. The van der Waals surface area contributed by atoms with E-state index in [1.165, 1.54) is 36.4 Å².